The Morgan fingerprint density at radius 2 is 1.79 bits per heavy atom. The molecule has 3 heteroatoms. The highest BCUT2D eigenvalue weighted by Gasteiger charge is 2.07. The van der Waals surface area contributed by atoms with Gasteiger partial charge in [-0.25, -0.2) is 0 Å². The van der Waals surface area contributed by atoms with Crippen LogP contribution in [0.25, 0.3) is 0 Å². The molecule has 0 amide bonds. The molecule has 0 aromatic heterocycles. The summed E-state index contributed by atoms with van der Waals surface area (Å²) in [6.45, 7) is 4.78. The molecule has 1 unspecified atom stereocenters. The molecule has 2 aromatic carbocycles. The van der Waals surface area contributed by atoms with Crippen LogP contribution in [0.15, 0.2) is 48.5 Å². The number of halogens is 1. The van der Waals surface area contributed by atoms with E-state index >= 15 is 0 Å². The standard InChI is InChI=1S/C16H18ClNO/c1-3-19-14-10-8-13(9-11-14)12(2)18-16-7-5-4-6-15(16)17/h4-12,18H,3H2,1-2H3. The summed E-state index contributed by atoms with van der Waals surface area (Å²) in [7, 11) is 0. The van der Waals surface area contributed by atoms with Crippen molar-refractivity contribution in [1.29, 1.82) is 0 Å². The minimum Gasteiger partial charge on any atom is -0.494 e. The molecular formula is C16H18ClNO. The summed E-state index contributed by atoms with van der Waals surface area (Å²) >= 11 is 6.14. The van der Waals surface area contributed by atoms with Crippen molar-refractivity contribution in [3.05, 3.63) is 59.1 Å². The molecule has 0 saturated heterocycles. The fraction of sp³-hybridized carbons (Fsp3) is 0.250. The molecule has 0 spiro atoms. The molecule has 0 aliphatic heterocycles. The fourth-order valence-corrected chi connectivity index (χ4v) is 2.10. The second kappa shape index (κ2) is 6.48. The summed E-state index contributed by atoms with van der Waals surface area (Å²) in [5, 5.41) is 4.14. The zero-order valence-corrected chi connectivity index (χ0v) is 11.9. The number of nitrogens with one attached hydrogen (secondary N) is 1. The molecule has 0 aliphatic rings. The molecule has 0 bridgehead atoms. The Bertz CT molecular complexity index is 525. The molecule has 1 atom stereocenters. The Kier molecular flexibility index (Phi) is 4.69. The molecule has 19 heavy (non-hydrogen) atoms. The number of hydrogen-bond acceptors (Lipinski definition) is 2. The van der Waals surface area contributed by atoms with Gasteiger partial charge in [0.15, 0.2) is 0 Å². The Morgan fingerprint density at radius 3 is 2.42 bits per heavy atom. The maximum absolute atomic E-state index is 6.14. The van der Waals surface area contributed by atoms with Crippen LogP contribution >= 0.6 is 11.6 Å². The Morgan fingerprint density at radius 1 is 1.11 bits per heavy atom. The van der Waals surface area contributed by atoms with Gasteiger partial charge in [-0.05, 0) is 43.7 Å². The zero-order chi connectivity index (χ0) is 13.7. The van der Waals surface area contributed by atoms with Gasteiger partial charge >= 0.3 is 0 Å². The lowest BCUT2D eigenvalue weighted by Gasteiger charge is -2.17. The van der Waals surface area contributed by atoms with Gasteiger partial charge in [0.1, 0.15) is 5.75 Å². The summed E-state index contributed by atoms with van der Waals surface area (Å²) in [5.41, 5.74) is 2.15. The van der Waals surface area contributed by atoms with Crippen LogP contribution in [0.4, 0.5) is 5.69 Å². The second-order valence-corrected chi connectivity index (χ2v) is 4.76. The summed E-state index contributed by atoms with van der Waals surface area (Å²) < 4.78 is 5.44. The smallest absolute Gasteiger partial charge is 0.119 e. The predicted molar refractivity (Wildman–Crippen MR) is 81.1 cm³/mol. The molecule has 2 rings (SSSR count). The highest BCUT2D eigenvalue weighted by Crippen LogP contribution is 2.26. The van der Waals surface area contributed by atoms with Crippen molar-refractivity contribution in [2.75, 3.05) is 11.9 Å². The highest BCUT2D eigenvalue weighted by atomic mass is 35.5. The second-order valence-electron chi connectivity index (χ2n) is 4.35. The van der Waals surface area contributed by atoms with Crippen LogP contribution in [0, 0.1) is 0 Å². The third kappa shape index (κ3) is 3.65. The van der Waals surface area contributed by atoms with Gasteiger partial charge in [-0.1, -0.05) is 35.9 Å². The van der Waals surface area contributed by atoms with Gasteiger partial charge in [0.2, 0.25) is 0 Å². The summed E-state index contributed by atoms with van der Waals surface area (Å²) in [6.07, 6.45) is 0. The molecule has 1 N–H and O–H groups in total. The first-order chi connectivity index (χ1) is 9.20. The summed E-state index contributed by atoms with van der Waals surface area (Å²) in [4.78, 5) is 0. The van der Waals surface area contributed by atoms with Gasteiger partial charge in [0.25, 0.3) is 0 Å². The molecule has 0 saturated carbocycles. The van der Waals surface area contributed by atoms with Gasteiger partial charge in [0, 0.05) is 6.04 Å². The van der Waals surface area contributed by atoms with E-state index in [1.807, 2.05) is 43.3 Å². The van der Waals surface area contributed by atoms with E-state index in [0.29, 0.717) is 6.61 Å². The quantitative estimate of drug-likeness (QED) is 0.837. The van der Waals surface area contributed by atoms with E-state index in [9.17, 15) is 0 Å². The molecule has 0 radical (unpaired) electrons. The molecule has 100 valence electrons. The number of para-hydroxylation sites is 1. The van der Waals surface area contributed by atoms with Gasteiger partial charge in [-0.3, -0.25) is 0 Å². The monoisotopic (exact) mass is 275 g/mol. The van der Waals surface area contributed by atoms with Gasteiger partial charge in [-0.15, -0.1) is 0 Å². The van der Waals surface area contributed by atoms with Crippen LogP contribution in [0.1, 0.15) is 25.5 Å². The van der Waals surface area contributed by atoms with E-state index in [4.69, 9.17) is 16.3 Å². The third-order valence-electron chi connectivity index (χ3n) is 2.94. The minimum absolute atomic E-state index is 0.190. The molecular weight excluding hydrogens is 258 g/mol. The molecule has 0 aliphatic carbocycles. The minimum atomic E-state index is 0.190. The van der Waals surface area contributed by atoms with Crippen LogP contribution in [0.2, 0.25) is 5.02 Å². The van der Waals surface area contributed by atoms with Crippen molar-refractivity contribution >= 4 is 17.3 Å². The average molecular weight is 276 g/mol. The number of ether oxygens (including phenoxy) is 1. The predicted octanol–water partition coefficient (Wildman–Crippen LogP) is 4.91. The first-order valence-corrected chi connectivity index (χ1v) is 6.82. The number of hydrogen-bond donors (Lipinski definition) is 1. The van der Waals surface area contributed by atoms with Crippen molar-refractivity contribution < 1.29 is 4.74 Å². The number of benzene rings is 2. The average Bonchev–Trinajstić information content (AvgIpc) is 2.42. The van der Waals surface area contributed by atoms with E-state index in [1.165, 1.54) is 5.56 Å². The largest absolute Gasteiger partial charge is 0.494 e. The Labute approximate surface area is 119 Å². The topological polar surface area (TPSA) is 21.3 Å². The first kappa shape index (κ1) is 13.8. The zero-order valence-electron chi connectivity index (χ0n) is 11.2. The lowest BCUT2D eigenvalue weighted by atomic mass is 10.1. The van der Waals surface area contributed by atoms with Gasteiger partial charge < -0.3 is 10.1 Å². The van der Waals surface area contributed by atoms with Crippen molar-refractivity contribution in [1.82, 2.24) is 0 Å². The summed E-state index contributed by atoms with van der Waals surface area (Å²) in [6, 6.07) is 16.1. The molecule has 2 nitrogen and oxygen atoms in total. The Balaban J connectivity index is 2.07. The molecule has 0 fully saturated rings. The number of anilines is 1. The summed E-state index contributed by atoms with van der Waals surface area (Å²) in [5.74, 6) is 0.899. The van der Waals surface area contributed by atoms with Gasteiger partial charge in [0.05, 0.1) is 17.3 Å². The van der Waals surface area contributed by atoms with Crippen LogP contribution in [-0.4, -0.2) is 6.61 Å². The van der Waals surface area contributed by atoms with Gasteiger partial charge in [-0.2, -0.15) is 0 Å². The molecule has 0 heterocycles. The first-order valence-electron chi connectivity index (χ1n) is 6.44. The van der Waals surface area contributed by atoms with Crippen LogP contribution in [0.3, 0.4) is 0 Å². The van der Waals surface area contributed by atoms with E-state index in [1.54, 1.807) is 0 Å². The Hall–Kier alpha value is -1.67. The van der Waals surface area contributed by atoms with Crippen molar-refractivity contribution in [3.8, 4) is 5.75 Å². The lowest BCUT2D eigenvalue weighted by Crippen LogP contribution is -2.06. The van der Waals surface area contributed by atoms with Crippen LogP contribution in [0.5, 0.6) is 5.75 Å². The van der Waals surface area contributed by atoms with E-state index in [0.717, 1.165) is 16.5 Å². The normalized spacial score (nSPS) is 11.9. The lowest BCUT2D eigenvalue weighted by molar-refractivity contribution is 0.340. The van der Waals surface area contributed by atoms with Crippen molar-refractivity contribution in [3.63, 3.8) is 0 Å². The molecule has 2 aromatic rings. The maximum atomic E-state index is 6.14. The number of rotatable bonds is 5. The van der Waals surface area contributed by atoms with Crippen LogP contribution in [-0.2, 0) is 0 Å². The van der Waals surface area contributed by atoms with E-state index in [2.05, 4.69) is 24.4 Å². The fourth-order valence-electron chi connectivity index (χ4n) is 1.91. The third-order valence-corrected chi connectivity index (χ3v) is 3.27. The van der Waals surface area contributed by atoms with E-state index < -0.39 is 0 Å². The van der Waals surface area contributed by atoms with Crippen LogP contribution < -0.4 is 10.1 Å². The van der Waals surface area contributed by atoms with Crippen molar-refractivity contribution in [2.45, 2.75) is 19.9 Å². The maximum Gasteiger partial charge on any atom is 0.119 e. The SMILES string of the molecule is CCOc1ccc(C(C)Nc2ccccc2Cl)cc1. The van der Waals surface area contributed by atoms with E-state index in [-0.39, 0.29) is 6.04 Å². The van der Waals surface area contributed by atoms with Crippen molar-refractivity contribution in [2.24, 2.45) is 0 Å². The highest BCUT2D eigenvalue weighted by molar-refractivity contribution is 6.33.